The van der Waals surface area contributed by atoms with E-state index >= 15 is 0 Å². The van der Waals surface area contributed by atoms with Gasteiger partial charge in [-0.15, -0.1) is 0 Å². The minimum Gasteiger partial charge on any atom is -0.360 e. The summed E-state index contributed by atoms with van der Waals surface area (Å²) in [7, 11) is 0. The first kappa shape index (κ1) is 20.1. The van der Waals surface area contributed by atoms with E-state index in [-0.39, 0.29) is 5.91 Å². The molecule has 3 rings (SSSR count). The lowest BCUT2D eigenvalue weighted by molar-refractivity contribution is -0.892. The Morgan fingerprint density at radius 1 is 1.11 bits per heavy atom. The van der Waals surface area contributed by atoms with Crippen LogP contribution in [-0.4, -0.2) is 50.9 Å². The van der Waals surface area contributed by atoms with Crippen molar-refractivity contribution in [2.45, 2.75) is 5.75 Å². The van der Waals surface area contributed by atoms with Crippen molar-refractivity contribution in [3.63, 3.8) is 0 Å². The molecular formula is C21H27ClN3OS+. The molecule has 1 amide bonds. The van der Waals surface area contributed by atoms with Gasteiger partial charge >= 0.3 is 0 Å². The van der Waals surface area contributed by atoms with Crippen LogP contribution in [-0.2, 0) is 10.5 Å². The summed E-state index contributed by atoms with van der Waals surface area (Å²) in [6, 6.07) is 18.4. The summed E-state index contributed by atoms with van der Waals surface area (Å²) < 4.78 is 0. The highest BCUT2D eigenvalue weighted by Crippen LogP contribution is 2.19. The minimum absolute atomic E-state index is 0.154. The van der Waals surface area contributed by atoms with Crippen LogP contribution in [0.2, 0.25) is 5.02 Å². The van der Waals surface area contributed by atoms with Gasteiger partial charge in [0.25, 0.3) is 5.91 Å². The van der Waals surface area contributed by atoms with Gasteiger partial charge < -0.3 is 15.1 Å². The first-order valence-corrected chi connectivity index (χ1v) is 11.0. The number of piperazine rings is 1. The van der Waals surface area contributed by atoms with E-state index in [1.807, 2.05) is 36.0 Å². The first-order chi connectivity index (χ1) is 13.2. The maximum atomic E-state index is 12.2. The van der Waals surface area contributed by atoms with Crippen LogP contribution in [0.1, 0.15) is 5.56 Å². The van der Waals surface area contributed by atoms with Crippen molar-refractivity contribution in [3.8, 4) is 0 Å². The molecule has 2 aromatic rings. The van der Waals surface area contributed by atoms with E-state index in [0.717, 1.165) is 49.3 Å². The molecule has 1 aliphatic rings. The van der Waals surface area contributed by atoms with Crippen molar-refractivity contribution in [2.75, 3.05) is 49.9 Å². The Morgan fingerprint density at radius 3 is 2.63 bits per heavy atom. The average molecular weight is 405 g/mol. The Bertz CT molecular complexity index is 720. The fourth-order valence-corrected chi connectivity index (χ4v) is 4.25. The summed E-state index contributed by atoms with van der Waals surface area (Å²) in [5.74, 6) is 2.09. The van der Waals surface area contributed by atoms with Crippen LogP contribution >= 0.6 is 23.4 Å². The van der Waals surface area contributed by atoms with Crippen molar-refractivity contribution in [3.05, 3.63) is 65.2 Å². The molecule has 0 aliphatic carbocycles. The number of nitrogens with zero attached hydrogens (tertiary/aromatic N) is 1. The molecule has 0 aromatic heterocycles. The van der Waals surface area contributed by atoms with Gasteiger partial charge in [-0.05, 0) is 23.8 Å². The number of quaternary nitrogens is 1. The fourth-order valence-electron chi connectivity index (χ4n) is 3.25. The minimum atomic E-state index is 0.154. The number of hydrogen-bond donors (Lipinski definition) is 2. The molecule has 0 radical (unpaired) electrons. The fraction of sp³-hybridized carbons (Fsp3) is 0.381. The number of thioether (sulfide) groups is 1. The van der Waals surface area contributed by atoms with Gasteiger partial charge in [0.1, 0.15) is 0 Å². The van der Waals surface area contributed by atoms with Crippen molar-refractivity contribution in [2.24, 2.45) is 0 Å². The summed E-state index contributed by atoms with van der Waals surface area (Å²) in [6.45, 7) is 5.15. The van der Waals surface area contributed by atoms with E-state index in [9.17, 15) is 4.79 Å². The number of hydrogen-bond acceptors (Lipinski definition) is 3. The Morgan fingerprint density at radius 2 is 1.89 bits per heavy atom. The number of benzene rings is 2. The highest BCUT2D eigenvalue weighted by atomic mass is 35.5. The van der Waals surface area contributed by atoms with E-state index in [2.05, 4.69) is 40.5 Å². The molecule has 1 fully saturated rings. The molecule has 0 spiro atoms. The number of rotatable bonds is 8. The number of anilines is 1. The maximum Gasteiger partial charge on any atom is 0.275 e. The van der Waals surface area contributed by atoms with Crippen LogP contribution in [0.5, 0.6) is 0 Å². The second-order valence-corrected chi connectivity index (χ2v) is 8.32. The molecule has 0 bridgehead atoms. The van der Waals surface area contributed by atoms with Gasteiger partial charge in [-0.2, -0.15) is 11.8 Å². The smallest absolute Gasteiger partial charge is 0.275 e. The molecule has 0 atom stereocenters. The summed E-state index contributed by atoms with van der Waals surface area (Å²) >= 11 is 7.94. The number of carbonyl (C=O) groups is 1. The SMILES string of the molecule is O=C(C[NH+]1CCN(c2cccc(Cl)c2)CC1)NCCSCc1ccccc1. The summed E-state index contributed by atoms with van der Waals surface area (Å²) in [4.78, 5) is 15.9. The molecule has 27 heavy (non-hydrogen) atoms. The number of nitrogens with one attached hydrogen (secondary N) is 2. The second-order valence-electron chi connectivity index (χ2n) is 6.78. The highest BCUT2D eigenvalue weighted by Gasteiger charge is 2.22. The van der Waals surface area contributed by atoms with Crippen LogP contribution in [0, 0.1) is 0 Å². The third kappa shape index (κ3) is 6.76. The van der Waals surface area contributed by atoms with Gasteiger partial charge in [-0.3, -0.25) is 4.79 Å². The third-order valence-corrected chi connectivity index (χ3v) is 6.00. The molecular weight excluding hydrogens is 378 g/mol. The van der Waals surface area contributed by atoms with Gasteiger partial charge in [0.05, 0.1) is 26.2 Å². The lowest BCUT2D eigenvalue weighted by Crippen LogP contribution is -3.16. The molecule has 4 nitrogen and oxygen atoms in total. The lowest BCUT2D eigenvalue weighted by Gasteiger charge is -2.33. The monoisotopic (exact) mass is 404 g/mol. The molecule has 0 saturated carbocycles. The van der Waals surface area contributed by atoms with E-state index < -0.39 is 0 Å². The van der Waals surface area contributed by atoms with Crippen molar-refractivity contribution in [1.82, 2.24) is 5.32 Å². The molecule has 1 saturated heterocycles. The van der Waals surface area contributed by atoms with E-state index in [1.54, 1.807) is 0 Å². The zero-order valence-corrected chi connectivity index (χ0v) is 17.1. The van der Waals surface area contributed by atoms with Crippen LogP contribution in [0.3, 0.4) is 0 Å². The molecule has 6 heteroatoms. The lowest BCUT2D eigenvalue weighted by atomic mass is 10.2. The molecule has 1 heterocycles. The molecule has 2 aromatic carbocycles. The van der Waals surface area contributed by atoms with Gasteiger partial charge in [-0.25, -0.2) is 0 Å². The number of amides is 1. The predicted octanol–water partition coefficient (Wildman–Crippen LogP) is 2.09. The Balaban J connectivity index is 1.29. The second kappa shape index (κ2) is 10.6. The van der Waals surface area contributed by atoms with Crippen LogP contribution in [0.25, 0.3) is 0 Å². The maximum absolute atomic E-state index is 12.2. The molecule has 0 unspecified atom stereocenters. The highest BCUT2D eigenvalue weighted by molar-refractivity contribution is 7.98. The van der Waals surface area contributed by atoms with Crippen LogP contribution in [0.4, 0.5) is 5.69 Å². The quantitative estimate of drug-likeness (QED) is 0.661. The molecule has 1 aliphatic heterocycles. The average Bonchev–Trinajstić information content (AvgIpc) is 2.69. The van der Waals surface area contributed by atoms with E-state index in [1.165, 1.54) is 16.2 Å². The van der Waals surface area contributed by atoms with Crippen molar-refractivity contribution >= 4 is 35.0 Å². The number of carbonyl (C=O) groups excluding carboxylic acids is 1. The molecule has 144 valence electrons. The predicted molar refractivity (Wildman–Crippen MR) is 115 cm³/mol. The topological polar surface area (TPSA) is 36.8 Å². The number of halogens is 1. The van der Waals surface area contributed by atoms with Gasteiger partial charge in [0.15, 0.2) is 6.54 Å². The van der Waals surface area contributed by atoms with Gasteiger partial charge in [0.2, 0.25) is 0 Å². The van der Waals surface area contributed by atoms with Crippen molar-refractivity contribution < 1.29 is 9.69 Å². The van der Waals surface area contributed by atoms with Gasteiger partial charge in [0, 0.05) is 28.8 Å². The molecule has 2 N–H and O–H groups in total. The summed E-state index contributed by atoms with van der Waals surface area (Å²) in [5.41, 5.74) is 2.50. The van der Waals surface area contributed by atoms with E-state index in [0.29, 0.717) is 6.54 Å². The standard InChI is InChI=1S/C21H26ClN3OS/c22-19-7-4-8-20(15-19)25-12-10-24(11-13-25)16-21(26)23-9-14-27-17-18-5-2-1-3-6-18/h1-8,15H,9-14,16-17H2,(H,23,26)/p+1. The largest absolute Gasteiger partial charge is 0.360 e. The van der Waals surface area contributed by atoms with Crippen LogP contribution < -0.4 is 15.1 Å². The zero-order valence-electron chi connectivity index (χ0n) is 15.5. The van der Waals surface area contributed by atoms with E-state index in [4.69, 9.17) is 11.6 Å². The van der Waals surface area contributed by atoms with Crippen molar-refractivity contribution in [1.29, 1.82) is 0 Å². The van der Waals surface area contributed by atoms with Crippen LogP contribution in [0.15, 0.2) is 54.6 Å². The van der Waals surface area contributed by atoms with Gasteiger partial charge in [-0.1, -0.05) is 48.0 Å². The first-order valence-electron chi connectivity index (χ1n) is 9.43. The summed E-state index contributed by atoms with van der Waals surface area (Å²) in [6.07, 6.45) is 0. The zero-order chi connectivity index (χ0) is 18.9. The Hall–Kier alpha value is -1.69. The Labute approximate surface area is 170 Å². The summed E-state index contributed by atoms with van der Waals surface area (Å²) in [5, 5.41) is 3.83. The third-order valence-electron chi connectivity index (χ3n) is 4.73. The normalized spacial score (nSPS) is 14.9. The Kier molecular flexibility index (Phi) is 7.87.